The van der Waals surface area contributed by atoms with Crippen LogP contribution in [0.15, 0.2) is 24.3 Å². The lowest BCUT2D eigenvalue weighted by Crippen LogP contribution is -2.50. The van der Waals surface area contributed by atoms with E-state index >= 15 is 0 Å². The average molecular weight is 352 g/mol. The molecule has 4 N–H and O–H groups in total. The molecule has 0 fully saturated rings. The van der Waals surface area contributed by atoms with Gasteiger partial charge in [0.05, 0.1) is 6.54 Å². The number of anilines is 1. The van der Waals surface area contributed by atoms with Gasteiger partial charge in [0.2, 0.25) is 11.8 Å². The average Bonchev–Trinajstić information content (AvgIpc) is 2.52. The topological polar surface area (TPSA) is 105 Å². The normalized spacial score (nSPS) is 11.5. The largest absolute Gasteiger partial charge is 0.352 e. The lowest BCUT2D eigenvalue weighted by Gasteiger charge is -2.23. The molecule has 0 unspecified atom stereocenters. The molecule has 0 radical (unpaired) electrons. The Bertz CT molecular complexity index is 577. The lowest BCUT2D eigenvalue weighted by molar-refractivity contribution is -0.135. The van der Waals surface area contributed by atoms with Gasteiger partial charge in [-0.05, 0) is 37.5 Å². The van der Waals surface area contributed by atoms with Gasteiger partial charge in [0.15, 0.2) is 0 Å². The molecule has 1 atom stereocenters. The van der Waals surface area contributed by atoms with Gasteiger partial charge >= 0.3 is 6.03 Å². The van der Waals surface area contributed by atoms with E-state index in [9.17, 15) is 14.4 Å². The smallest absolute Gasteiger partial charge is 0.312 e. The fraction of sp³-hybridized carbons (Fsp3) is 0.438. The summed E-state index contributed by atoms with van der Waals surface area (Å²) in [5.41, 5.74) is 6.87. The number of aryl methyl sites for hydroxylation is 1. The zero-order valence-electron chi connectivity index (χ0n) is 14.2. The molecule has 7 nitrogen and oxygen atoms in total. The van der Waals surface area contributed by atoms with Crippen molar-refractivity contribution in [3.8, 4) is 0 Å². The molecule has 24 heavy (non-hydrogen) atoms. The van der Waals surface area contributed by atoms with E-state index in [2.05, 4.69) is 10.6 Å². The molecular weight excluding hydrogens is 328 g/mol. The van der Waals surface area contributed by atoms with E-state index in [4.69, 9.17) is 5.73 Å². The summed E-state index contributed by atoms with van der Waals surface area (Å²) in [5.74, 6) is 0.0411. The van der Waals surface area contributed by atoms with Gasteiger partial charge < -0.3 is 21.3 Å². The highest BCUT2D eigenvalue weighted by molar-refractivity contribution is 7.98. The van der Waals surface area contributed by atoms with Crippen LogP contribution in [0.25, 0.3) is 0 Å². The van der Waals surface area contributed by atoms with Crippen molar-refractivity contribution in [1.82, 2.24) is 10.2 Å². The molecule has 0 aliphatic rings. The Morgan fingerprint density at radius 2 is 1.88 bits per heavy atom. The van der Waals surface area contributed by atoms with Crippen LogP contribution >= 0.6 is 11.8 Å². The lowest BCUT2D eigenvalue weighted by atomic mass is 10.2. The molecule has 4 amide bonds. The van der Waals surface area contributed by atoms with Crippen LogP contribution in [0.1, 0.15) is 12.0 Å². The summed E-state index contributed by atoms with van der Waals surface area (Å²) in [6, 6.07) is 5.88. The van der Waals surface area contributed by atoms with Gasteiger partial charge in [-0.1, -0.05) is 17.7 Å². The third-order valence-electron chi connectivity index (χ3n) is 3.32. The van der Waals surface area contributed by atoms with E-state index in [1.165, 1.54) is 11.9 Å². The molecule has 0 saturated heterocycles. The number of nitrogens with zero attached hydrogens (tertiary/aromatic N) is 1. The second kappa shape index (κ2) is 9.82. The number of rotatable bonds is 8. The number of hydrogen-bond donors (Lipinski definition) is 3. The van der Waals surface area contributed by atoms with Crippen molar-refractivity contribution in [2.75, 3.05) is 30.9 Å². The van der Waals surface area contributed by atoms with Crippen LogP contribution in [0.3, 0.4) is 0 Å². The maximum atomic E-state index is 12.4. The first-order valence-corrected chi connectivity index (χ1v) is 8.89. The quantitative estimate of drug-likeness (QED) is 0.653. The van der Waals surface area contributed by atoms with Crippen molar-refractivity contribution in [2.24, 2.45) is 5.73 Å². The number of amides is 4. The van der Waals surface area contributed by atoms with Crippen LogP contribution in [-0.4, -0.2) is 54.4 Å². The highest BCUT2D eigenvalue weighted by Crippen LogP contribution is 2.09. The maximum absolute atomic E-state index is 12.4. The van der Waals surface area contributed by atoms with Gasteiger partial charge in [0.1, 0.15) is 6.04 Å². The number of thioether (sulfide) groups is 1. The minimum atomic E-state index is -0.757. The molecule has 0 heterocycles. The molecule has 0 aliphatic heterocycles. The van der Waals surface area contributed by atoms with Gasteiger partial charge in [0.25, 0.3) is 0 Å². The number of nitrogens with one attached hydrogen (secondary N) is 2. The van der Waals surface area contributed by atoms with Crippen LogP contribution in [0.5, 0.6) is 0 Å². The minimum Gasteiger partial charge on any atom is -0.352 e. The number of hydrogen-bond acceptors (Lipinski definition) is 4. The Morgan fingerprint density at radius 1 is 1.25 bits per heavy atom. The molecule has 132 valence electrons. The number of carbonyl (C=O) groups is 3. The fourth-order valence-corrected chi connectivity index (χ4v) is 2.53. The summed E-state index contributed by atoms with van der Waals surface area (Å²) >= 11 is 1.56. The number of urea groups is 1. The fourth-order valence-electron chi connectivity index (χ4n) is 2.06. The highest BCUT2D eigenvalue weighted by atomic mass is 32.2. The maximum Gasteiger partial charge on any atom is 0.312 e. The summed E-state index contributed by atoms with van der Waals surface area (Å²) in [6.07, 6.45) is 2.36. The number of primary amides is 1. The first-order chi connectivity index (χ1) is 11.3. The summed E-state index contributed by atoms with van der Waals surface area (Å²) in [4.78, 5) is 36.8. The van der Waals surface area contributed by atoms with Crippen molar-refractivity contribution in [1.29, 1.82) is 0 Å². The Kier molecular flexibility index (Phi) is 8.11. The van der Waals surface area contributed by atoms with Crippen LogP contribution in [0.4, 0.5) is 10.5 Å². The summed E-state index contributed by atoms with van der Waals surface area (Å²) in [6.45, 7) is 1.85. The molecule has 0 aromatic heterocycles. The van der Waals surface area contributed by atoms with Gasteiger partial charge in [-0.25, -0.2) is 4.79 Å². The Hall–Kier alpha value is -2.22. The van der Waals surface area contributed by atoms with Crippen LogP contribution in [-0.2, 0) is 9.59 Å². The van der Waals surface area contributed by atoms with Crippen LogP contribution in [0.2, 0.25) is 0 Å². The van der Waals surface area contributed by atoms with Crippen molar-refractivity contribution >= 4 is 35.3 Å². The SMILES string of the molecule is CSCC[C@@H](NC(N)=O)C(=O)N(C)CC(=O)Nc1ccc(C)cc1. The van der Waals surface area contributed by atoms with Gasteiger partial charge in [-0.15, -0.1) is 0 Å². The summed E-state index contributed by atoms with van der Waals surface area (Å²) in [5, 5.41) is 5.16. The predicted octanol–water partition coefficient (Wildman–Crippen LogP) is 1.18. The standard InChI is InChI=1S/C16H24N4O3S/c1-11-4-6-12(7-5-11)18-14(21)10-20(2)15(22)13(8-9-24-3)19-16(17)23/h4-7,13H,8-10H2,1-3H3,(H,18,21)(H3,17,19,23)/t13-/m1/s1. The molecule has 1 aromatic carbocycles. The van der Waals surface area contributed by atoms with Gasteiger partial charge in [-0.3, -0.25) is 9.59 Å². The second-order valence-electron chi connectivity index (χ2n) is 5.45. The molecule has 1 aromatic rings. The highest BCUT2D eigenvalue weighted by Gasteiger charge is 2.24. The first kappa shape index (κ1) is 19.8. The number of likely N-dealkylation sites (N-methyl/N-ethyl adjacent to an activating group) is 1. The summed E-state index contributed by atoms with van der Waals surface area (Å²) in [7, 11) is 1.52. The van der Waals surface area contributed by atoms with Crippen molar-refractivity contribution in [2.45, 2.75) is 19.4 Å². The molecule has 0 aliphatic carbocycles. The van der Waals surface area contributed by atoms with Crippen molar-refractivity contribution in [3.63, 3.8) is 0 Å². The van der Waals surface area contributed by atoms with Crippen LogP contribution in [0, 0.1) is 6.92 Å². The molecular formula is C16H24N4O3S. The molecule has 0 bridgehead atoms. The third-order valence-corrected chi connectivity index (χ3v) is 3.96. The first-order valence-electron chi connectivity index (χ1n) is 7.50. The molecule has 8 heteroatoms. The second-order valence-corrected chi connectivity index (χ2v) is 6.44. The zero-order chi connectivity index (χ0) is 18.1. The van der Waals surface area contributed by atoms with E-state index in [0.29, 0.717) is 17.9 Å². The minimum absolute atomic E-state index is 0.108. The van der Waals surface area contributed by atoms with E-state index in [1.807, 2.05) is 25.3 Å². The summed E-state index contributed by atoms with van der Waals surface area (Å²) < 4.78 is 0. The van der Waals surface area contributed by atoms with E-state index in [-0.39, 0.29) is 18.4 Å². The number of nitrogens with two attached hydrogens (primary N) is 1. The third kappa shape index (κ3) is 6.91. The van der Waals surface area contributed by atoms with Crippen molar-refractivity contribution < 1.29 is 14.4 Å². The van der Waals surface area contributed by atoms with Crippen LogP contribution < -0.4 is 16.4 Å². The molecule has 1 rings (SSSR count). The predicted molar refractivity (Wildman–Crippen MR) is 97.0 cm³/mol. The number of carbonyl (C=O) groups excluding carboxylic acids is 3. The Labute approximate surface area is 146 Å². The van der Waals surface area contributed by atoms with E-state index in [1.54, 1.807) is 23.9 Å². The Morgan fingerprint density at radius 3 is 2.42 bits per heavy atom. The van der Waals surface area contributed by atoms with E-state index < -0.39 is 12.1 Å². The monoisotopic (exact) mass is 352 g/mol. The number of benzene rings is 1. The van der Waals surface area contributed by atoms with Gasteiger partial charge in [-0.2, -0.15) is 11.8 Å². The van der Waals surface area contributed by atoms with Gasteiger partial charge in [0, 0.05) is 12.7 Å². The van der Waals surface area contributed by atoms with Crippen molar-refractivity contribution in [3.05, 3.63) is 29.8 Å². The molecule has 0 spiro atoms. The zero-order valence-corrected chi connectivity index (χ0v) is 15.0. The molecule has 0 saturated carbocycles. The van der Waals surface area contributed by atoms with E-state index in [0.717, 1.165) is 5.56 Å². The Balaban J connectivity index is 2.60.